The Bertz CT molecular complexity index is 464. The molecule has 0 radical (unpaired) electrons. The van der Waals surface area contributed by atoms with Gasteiger partial charge < -0.3 is 9.80 Å². The van der Waals surface area contributed by atoms with Crippen LogP contribution in [0.3, 0.4) is 0 Å². The number of halogens is 1. The van der Waals surface area contributed by atoms with Crippen molar-refractivity contribution in [3.8, 4) is 0 Å². The summed E-state index contributed by atoms with van der Waals surface area (Å²) in [5.74, 6) is -0.959. The van der Waals surface area contributed by atoms with E-state index in [0.717, 1.165) is 0 Å². The molecule has 0 saturated carbocycles. The van der Waals surface area contributed by atoms with Crippen molar-refractivity contribution in [2.45, 2.75) is 6.54 Å². The Morgan fingerprint density at radius 2 is 2.06 bits per heavy atom. The lowest BCUT2D eigenvalue weighted by Gasteiger charge is -2.31. The lowest BCUT2D eigenvalue weighted by molar-refractivity contribution is -0.155. The molecule has 0 N–H and O–H groups in total. The first-order valence-corrected chi connectivity index (χ1v) is 5.61. The van der Waals surface area contributed by atoms with Crippen LogP contribution in [0.1, 0.15) is 5.69 Å². The highest BCUT2D eigenvalue weighted by atomic mass is 35.5. The molecule has 1 fully saturated rings. The third-order valence-corrected chi connectivity index (χ3v) is 2.86. The van der Waals surface area contributed by atoms with Crippen LogP contribution in [0.5, 0.6) is 0 Å². The molecule has 2 heterocycles. The molecule has 0 atom stereocenters. The minimum atomic E-state index is -0.486. The molecule has 1 aliphatic rings. The summed E-state index contributed by atoms with van der Waals surface area (Å²) in [5.41, 5.74) is 0.684. The van der Waals surface area contributed by atoms with Gasteiger partial charge in [-0.2, -0.15) is 0 Å². The molecule has 0 unspecified atom stereocenters. The molecule has 2 amide bonds. The summed E-state index contributed by atoms with van der Waals surface area (Å²) in [7, 11) is 1.62. The number of nitrogens with zero attached hydrogens (tertiary/aromatic N) is 3. The van der Waals surface area contributed by atoms with Crippen LogP contribution >= 0.6 is 11.6 Å². The fraction of sp³-hybridized carbons (Fsp3) is 0.364. The first kappa shape index (κ1) is 11.9. The van der Waals surface area contributed by atoms with Crippen molar-refractivity contribution in [3.63, 3.8) is 0 Å². The quantitative estimate of drug-likeness (QED) is 0.571. The zero-order valence-corrected chi connectivity index (χ0v) is 10.1. The van der Waals surface area contributed by atoms with Gasteiger partial charge in [-0.05, 0) is 12.1 Å². The largest absolute Gasteiger partial charge is 0.336 e. The molecule has 0 spiro atoms. The molecule has 1 aromatic rings. The maximum Gasteiger partial charge on any atom is 0.312 e. The van der Waals surface area contributed by atoms with Crippen molar-refractivity contribution in [1.29, 1.82) is 0 Å². The Morgan fingerprint density at radius 3 is 2.76 bits per heavy atom. The van der Waals surface area contributed by atoms with Crippen LogP contribution in [0.25, 0.3) is 0 Å². The smallest absolute Gasteiger partial charge is 0.312 e. The van der Waals surface area contributed by atoms with Gasteiger partial charge in [0.05, 0.1) is 12.2 Å². The van der Waals surface area contributed by atoms with Gasteiger partial charge in [0.25, 0.3) is 0 Å². The Kier molecular flexibility index (Phi) is 3.28. The van der Waals surface area contributed by atoms with E-state index in [-0.39, 0.29) is 0 Å². The van der Waals surface area contributed by atoms with Crippen LogP contribution in [-0.4, -0.2) is 46.7 Å². The third-order valence-electron chi connectivity index (χ3n) is 2.65. The second-order valence-corrected chi connectivity index (χ2v) is 4.29. The number of hydrogen-bond acceptors (Lipinski definition) is 3. The van der Waals surface area contributed by atoms with E-state index in [1.165, 1.54) is 9.80 Å². The summed E-state index contributed by atoms with van der Waals surface area (Å²) >= 11 is 5.76. The second-order valence-electron chi connectivity index (χ2n) is 3.91. The fourth-order valence-electron chi connectivity index (χ4n) is 1.66. The van der Waals surface area contributed by atoms with Crippen molar-refractivity contribution < 1.29 is 9.59 Å². The van der Waals surface area contributed by atoms with E-state index in [0.29, 0.717) is 30.5 Å². The van der Waals surface area contributed by atoms with E-state index in [1.54, 1.807) is 25.2 Å². The van der Waals surface area contributed by atoms with Gasteiger partial charge >= 0.3 is 11.8 Å². The summed E-state index contributed by atoms with van der Waals surface area (Å²) in [4.78, 5) is 30.2. The van der Waals surface area contributed by atoms with Gasteiger partial charge in [0.1, 0.15) is 5.15 Å². The molecule has 1 aliphatic heterocycles. The molecule has 90 valence electrons. The molecule has 0 bridgehead atoms. The Hall–Kier alpha value is -1.62. The minimum absolute atomic E-state index is 0.318. The highest BCUT2D eigenvalue weighted by Crippen LogP contribution is 2.10. The molecule has 17 heavy (non-hydrogen) atoms. The van der Waals surface area contributed by atoms with Crippen LogP contribution in [0.2, 0.25) is 5.15 Å². The average molecular weight is 254 g/mol. The summed E-state index contributed by atoms with van der Waals surface area (Å²) in [5, 5.41) is 0.385. The molecule has 5 nitrogen and oxygen atoms in total. The molecule has 0 aromatic carbocycles. The first-order chi connectivity index (χ1) is 8.08. The second kappa shape index (κ2) is 4.71. The number of likely N-dealkylation sites (N-methyl/N-ethyl adjacent to an activating group) is 1. The molecule has 0 aliphatic carbocycles. The highest BCUT2D eigenvalue weighted by Gasteiger charge is 2.30. The normalized spacial score (nSPS) is 16.6. The summed E-state index contributed by atoms with van der Waals surface area (Å²) in [6, 6.07) is 5.22. The molecule has 1 aromatic heterocycles. The molecular formula is C11H12ClN3O2. The van der Waals surface area contributed by atoms with Crippen molar-refractivity contribution in [2.75, 3.05) is 20.1 Å². The van der Waals surface area contributed by atoms with E-state index in [2.05, 4.69) is 4.98 Å². The van der Waals surface area contributed by atoms with E-state index in [1.807, 2.05) is 0 Å². The fourth-order valence-corrected chi connectivity index (χ4v) is 1.84. The van der Waals surface area contributed by atoms with Gasteiger partial charge in [-0.3, -0.25) is 9.59 Å². The van der Waals surface area contributed by atoms with E-state index in [9.17, 15) is 9.59 Å². The monoisotopic (exact) mass is 253 g/mol. The Morgan fingerprint density at radius 1 is 1.29 bits per heavy atom. The zero-order chi connectivity index (χ0) is 12.4. The van der Waals surface area contributed by atoms with Crippen LogP contribution in [-0.2, 0) is 16.1 Å². The molecule has 2 rings (SSSR count). The number of carbonyl (C=O) groups is 2. The van der Waals surface area contributed by atoms with Crippen LogP contribution < -0.4 is 0 Å². The number of piperazine rings is 1. The standard InChI is InChI=1S/C11H12ClN3O2/c1-14-5-6-15(11(17)10(14)16)7-8-3-2-4-9(12)13-8/h2-4H,5-7H2,1H3. The number of pyridine rings is 1. The van der Waals surface area contributed by atoms with E-state index >= 15 is 0 Å². The average Bonchev–Trinajstić information content (AvgIpc) is 2.30. The maximum atomic E-state index is 11.7. The highest BCUT2D eigenvalue weighted by molar-refractivity contribution is 6.35. The molecule has 6 heteroatoms. The Balaban J connectivity index is 2.09. The Labute approximate surface area is 104 Å². The van der Waals surface area contributed by atoms with E-state index < -0.39 is 11.8 Å². The van der Waals surface area contributed by atoms with Gasteiger partial charge in [0.15, 0.2) is 0 Å². The van der Waals surface area contributed by atoms with Crippen molar-refractivity contribution in [3.05, 3.63) is 29.0 Å². The lowest BCUT2D eigenvalue weighted by atomic mass is 10.2. The predicted molar refractivity (Wildman–Crippen MR) is 62.3 cm³/mol. The van der Waals surface area contributed by atoms with Crippen molar-refractivity contribution >= 4 is 23.4 Å². The minimum Gasteiger partial charge on any atom is -0.336 e. The van der Waals surface area contributed by atoms with Crippen LogP contribution in [0, 0.1) is 0 Å². The number of rotatable bonds is 2. The van der Waals surface area contributed by atoms with Crippen LogP contribution in [0.4, 0.5) is 0 Å². The third kappa shape index (κ3) is 2.55. The number of hydrogen-bond donors (Lipinski definition) is 0. The van der Waals surface area contributed by atoms with Crippen molar-refractivity contribution in [1.82, 2.24) is 14.8 Å². The molecular weight excluding hydrogens is 242 g/mol. The van der Waals surface area contributed by atoms with E-state index in [4.69, 9.17) is 11.6 Å². The van der Waals surface area contributed by atoms with Gasteiger partial charge in [0.2, 0.25) is 0 Å². The van der Waals surface area contributed by atoms with Gasteiger partial charge in [0, 0.05) is 20.1 Å². The predicted octanol–water partition coefficient (Wildman–Crippen LogP) is 0.536. The summed E-state index contributed by atoms with van der Waals surface area (Å²) in [6.07, 6.45) is 0. The zero-order valence-electron chi connectivity index (χ0n) is 9.39. The SMILES string of the molecule is CN1CCN(Cc2cccc(Cl)n2)C(=O)C1=O. The van der Waals surface area contributed by atoms with Gasteiger partial charge in [-0.25, -0.2) is 4.98 Å². The van der Waals surface area contributed by atoms with Gasteiger partial charge in [-0.15, -0.1) is 0 Å². The molecule has 1 saturated heterocycles. The maximum absolute atomic E-state index is 11.7. The number of aromatic nitrogens is 1. The topological polar surface area (TPSA) is 53.5 Å². The summed E-state index contributed by atoms with van der Waals surface area (Å²) in [6.45, 7) is 1.39. The summed E-state index contributed by atoms with van der Waals surface area (Å²) < 4.78 is 0. The van der Waals surface area contributed by atoms with Crippen LogP contribution in [0.15, 0.2) is 18.2 Å². The van der Waals surface area contributed by atoms with Gasteiger partial charge in [-0.1, -0.05) is 17.7 Å². The first-order valence-electron chi connectivity index (χ1n) is 5.24. The van der Waals surface area contributed by atoms with Crippen molar-refractivity contribution in [2.24, 2.45) is 0 Å². The number of carbonyl (C=O) groups excluding carboxylic acids is 2. The lowest BCUT2D eigenvalue weighted by Crippen LogP contribution is -2.52. The number of amides is 2.